The van der Waals surface area contributed by atoms with E-state index in [4.69, 9.17) is 9.72 Å². The maximum Gasteiger partial charge on any atom is 0.339 e. The Morgan fingerprint density at radius 3 is 2.69 bits per heavy atom. The lowest BCUT2D eigenvalue weighted by Crippen LogP contribution is -2.45. The Bertz CT molecular complexity index is 997. The minimum atomic E-state index is -1.08. The summed E-state index contributed by atoms with van der Waals surface area (Å²) < 4.78 is 5.48. The first-order valence-electron chi connectivity index (χ1n) is 10.2. The molecule has 0 spiro atoms. The number of ether oxygens (including phenoxy) is 1. The van der Waals surface area contributed by atoms with Crippen LogP contribution in [0.2, 0.25) is 0 Å². The number of nitrogens with zero attached hydrogens (tertiary/aromatic N) is 1. The van der Waals surface area contributed by atoms with E-state index < -0.39 is 24.0 Å². The van der Waals surface area contributed by atoms with E-state index in [9.17, 15) is 14.4 Å². The Hall–Kier alpha value is -2.96. The SMILES string of the molecule is Cc1ccc2nc3c(c(C(=O)O[C@@H](C)C(=O)NC(=O)NC4CC4)c2c1)CCCC3. The number of carbonyl (C=O) groups is 3. The molecule has 0 radical (unpaired) electrons. The van der Waals surface area contributed by atoms with Gasteiger partial charge in [-0.25, -0.2) is 9.59 Å². The number of amides is 3. The number of aryl methyl sites for hydroxylation is 2. The number of benzene rings is 1. The zero-order valence-electron chi connectivity index (χ0n) is 16.7. The molecule has 1 aromatic heterocycles. The van der Waals surface area contributed by atoms with Gasteiger partial charge in [0.15, 0.2) is 6.10 Å². The van der Waals surface area contributed by atoms with E-state index in [1.54, 1.807) is 0 Å². The third kappa shape index (κ3) is 4.23. The number of urea groups is 1. The molecule has 1 aromatic carbocycles. The number of nitrogens with one attached hydrogen (secondary N) is 2. The largest absolute Gasteiger partial charge is 0.449 e. The lowest BCUT2D eigenvalue weighted by Gasteiger charge is -2.21. The van der Waals surface area contributed by atoms with Crippen molar-refractivity contribution in [3.05, 3.63) is 40.6 Å². The van der Waals surface area contributed by atoms with Gasteiger partial charge in [0.25, 0.3) is 5.91 Å². The fourth-order valence-electron chi connectivity index (χ4n) is 3.71. The molecule has 0 saturated heterocycles. The molecule has 2 aromatic rings. The fraction of sp³-hybridized carbons (Fsp3) is 0.455. The second-order valence-electron chi connectivity index (χ2n) is 7.92. The summed E-state index contributed by atoms with van der Waals surface area (Å²) in [5.74, 6) is -1.19. The highest BCUT2D eigenvalue weighted by atomic mass is 16.5. The first kappa shape index (κ1) is 19.4. The minimum absolute atomic E-state index is 0.138. The predicted molar refractivity (Wildman–Crippen MR) is 108 cm³/mol. The van der Waals surface area contributed by atoms with Gasteiger partial charge in [0.05, 0.1) is 11.1 Å². The van der Waals surface area contributed by atoms with Crippen LogP contribution in [0.15, 0.2) is 18.2 Å². The molecular formula is C22H25N3O4. The second kappa shape index (κ2) is 7.81. The van der Waals surface area contributed by atoms with Crippen molar-refractivity contribution < 1.29 is 19.1 Å². The number of pyridine rings is 1. The molecule has 1 atom stereocenters. The average Bonchev–Trinajstić information content (AvgIpc) is 3.49. The molecule has 1 fully saturated rings. The van der Waals surface area contributed by atoms with E-state index in [1.165, 1.54) is 6.92 Å². The van der Waals surface area contributed by atoms with Crippen molar-refractivity contribution in [1.82, 2.24) is 15.6 Å². The Morgan fingerprint density at radius 2 is 1.93 bits per heavy atom. The van der Waals surface area contributed by atoms with Crippen molar-refractivity contribution in [2.24, 2.45) is 0 Å². The summed E-state index contributed by atoms with van der Waals surface area (Å²) in [5.41, 5.74) is 4.12. The molecule has 152 valence electrons. The van der Waals surface area contributed by atoms with E-state index in [0.717, 1.165) is 66.2 Å². The van der Waals surface area contributed by atoms with Crippen molar-refractivity contribution in [3.63, 3.8) is 0 Å². The van der Waals surface area contributed by atoms with Gasteiger partial charge in [-0.15, -0.1) is 0 Å². The first-order valence-corrected chi connectivity index (χ1v) is 10.2. The third-order valence-electron chi connectivity index (χ3n) is 5.42. The van der Waals surface area contributed by atoms with Gasteiger partial charge < -0.3 is 10.1 Å². The van der Waals surface area contributed by atoms with Gasteiger partial charge in [0.2, 0.25) is 0 Å². The number of rotatable bonds is 4. The maximum atomic E-state index is 13.1. The number of carbonyl (C=O) groups excluding carboxylic acids is 3. The Labute approximate surface area is 169 Å². The number of esters is 1. The van der Waals surface area contributed by atoms with Gasteiger partial charge >= 0.3 is 12.0 Å². The standard InChI is InChI=1S/C22H25N3O4/c1-12-7-10-18-16(11-12)19(15-5-3-4-6-17(15)24-18)21(27)29-13(2)20(26)25-22(28)23-14-8-9-14/h7,10-11,13-14H,3-6,8-9H2,1-2H3,(H2,23,25,26,28)/t13-/m0/s1. The number of hydrogen-bond acceptors (Lipinski definition) is 5. The van der Waals surface area contributed by atoms with Gasteiger partial charge in [0.1, 0.15) is 0 Å². The Kier molecular flexibility index (Phi) is 5.22. The molecule has 2 N–H and O–H groups in total. The van der Waals surface area contributed by atoms with Crippen LogP contribution < -0.4 is 10.6 Å². The smallest absolute Gasteiger partial charge is 0.339 e. The van der Waals surface area contributed by atoms with Gasteiger partial charge in [0, 0.05) is 17.1 Å². The lowest BCUT2D eigenvalue weighted by atomic mass is 9.89. The molecule has 29 heavy (non-hydrogen) atoms. The van der Waals surface area contributed by atoms with Gasteiger partial charge in [-0.2, -0.15) is 0 Å². The van der Waals surface area contributed by atoms with Crippen LogP contribution in [0.3, 0.4) is 0 Å². The summed E-state index contributed by atoms with van der Waals surface area (Å²) in [6.45, 7) is 3.43. The summed E-state index contributed by atoms with van der Waals surface area (Å²) in [6, 6.07) is 5.39. The van der Waals surface area contributed by atoms with E-state index in [-0.39, 0.29) is 6.04 Å². The molecule has 1 heterocycles. The van der Waals surface area contributed by atoms with Crippen LogP contribution in [0.4, 0.5) is 4.79 Å². The quantitative estimate of drug-likeness (QED) is 0.776. The number of imide groups is 1. The molecule has 2 aliphatic carbocycles. The van der Waals surface area contributed by atoms with Crippen LogP contribution in [-0.4, -0.2) is 35.0 Å². The van der Waals surface area contributed by atoms with Crippen molar-refractivity contribution in [2.45, 2.75) is 64.5 Å². The first-order chi connectivity index (χ1) is 13.9. The molecule has 2 aliphatic rings. The summed E-state index contributed by atoms with van der Waals surface area (Å²) >= 11 is 0. The molecule has 4 rings (SSSR count). The minimum Gasteiger partial charge on any atom is -0.449 e. The van der Waals surface area contributed by atoms with Crippen molar-refractivity contribution >= 4 is 28.8 Å². The summed E-state index contributed by atoms with van der Waals surface area (Å²) in [6.07, 6.45) is 4.39. The van der Waals surface area contributed by atoms with Crippen LogP contribution in [-0.2, 0) is 22.4 Å². The van der Waals surface area contributed by atoms with Crippen molar-refractivity contribution in [1.29, 1.82) is 0 Å². The predicted octanol–water partition coefficient (Wildman–Crippen LogP) is 2.96. The van der Waals surface area contributed by atoms with E-state index in [2.05, 4.69) is 10.6 Å². The Balaban J connectivity index is 1.58. The maximum absolute atomic E-state index is 13.1. The number of hydrogen-bond donors (Lipinski definition) is 2. The number of fused-ring (bicyclic) bond motifs is 2. The van der Waals surface area contributed by atoms with Crippen LogP contribution >= 0.6 is 0 Å². The van der Waals surface area contributed by atoms with Crippen molar-refractivity contribution in [3.8, 4) is 0 Å². The highest BCUT2D eigenvalue weighted by Gasteiger charge is 2.28. The molecule has 1 saturated carbocycles. The summed E-state index contributed by atoms with van der Waals surface area (Å²) in [4.78, 5) is 41.9. The monoisotopic (exact) mass is 395 g/mol. The zero-order valence-corrected chi connectivity index (χ0v) is 16.7. The van der Waals surface area contributed by atoms with Crippen LogP contribution in [0, 0.1) is 6.92 Å². The molecule has 0 bridgehead atoms. The van der Waals surface area contributed by atoms with Gasteiger partial charge in [-0.05, 0) is 70.1 Å². The molecule has 7 nitrogen and oxygen atoms in total. The summed E-state index contributed by atoms with van der Waals surface area (Å²) in [5, 5.41) is 5.66. The highest BCUT2D eigenvalue weighted by Crippen LogP contribution is 2.30. The number of aromatic nitrogens is 1. The van der Waals surface area contributed by atoms with Crippen LogP contribution in [0.25, 0.3) is 10.9 Å². The molecule has 7 heteroatoms. The summed E-state index contributed by atoms with van der Waals surface area (Å²) in [7, 11) is 0. The highest BCUT2D eigenvalue weighted by molar-refractivity contribution is 6.06. The molecule has 3 amide bonds. The zero-order chi connectivity index (χ0) is 20.5. The van der Waals surface area contributed by atoms with E-state index in [1.807, 2.05) is 25.1 Å². The Morgan fingerprint density at radius 1 is 1.17 bits per heavy atom. The van der Waals surface area contributed by atoms with Crippen LogP contribution in [0.1, 0.15) is 59.8 Å². The lowest BCUT2D eigenvalue weighted by molar-refractivity contribution is -0.127. The fourth-order valence-corrected chi connectivity index (χ4v) is 3.71. The average molecular weight is 395 g/mol. The van der Waals surface area contributed by atoms with E-state index >= 15 is 0 Å². The van der Waals surface area contributed by atoms with Crippen LogP contribution in [0.5, 0.6) is 0 Å². The van der Waals surface area contributed by atoms with Gasteiger partial charge in [-0.3, -0.25) is 15.1 Å². The van der Waals surface area contributed by atoms with Crippen molar-refractivity contribution in [2.75, 3.05) is 0 Å². The molecular weight excluding hydrogens is 370 g/mol. The topological polar surface area (TPSA) is 97.4 Å². The third-order valence-corrected chi connectivity index (χ3v) is 5.42. The second-order valence-corrected chi connectivity index (χ2v) is 7.92. The van der Waals surface area contributed by atoms with Gasteiger partial charge in [-0.1, -0.05) is 11.6 Å². The molecule has 0 aliphatic heterocycles. The van der Waals surface area contributed by atoms with E-state index in [0.29, 0.717) is 5.56 Å². The normalized spacial score (nSPS) is 16.6. The molecule has 0 unspecified atom stereocenters.